The maximum absolute atomic E-state index is 2.47. The van der Waals surface area contributed by atoms with Crippen LogP contribution in [-0.2, 0) is 0 Å². The van der Waals surface area contributed by atoms with E-state index in [-0.39, 0.29) is 0 Å². The molecule has 3 heteroatoms. The molecule has 0 unspecified atom stereocenters. The first kappa shape index (κ1) is 21.1. The number of benzene rings is 6. The van der Waals surface area contributed by atoms with E-state index in [2.05, 4.69) is 143 Å². The van der Waals surface area contributed by atoms with Crippen LogP contribution in [0.1, 0.15) is 0 Å². The first-order chi connectivity index (χ1) is 19.4. The van der Waals surface area contributed by atoms with Crippen LogP contribution in [0.5, 0.6) is 0 Å². The summed E-state index contributed by atoms with van der Waals surface area (Å²) in [5.74, 6) is 0. The second-order valence-electron chi connectivity index (χ2n) is 10.2. The number of fused-ring (bicyclic) bond motifs is 9. The van der Waals surface area contributed by atoms with Crippen LogP contribution in [0.4, 0.5) is 0 Å². The Morgan fingerprint density at radius 2 is 0.795 bits per heavy atom. The predicted molar refractivity (Wildman–Crippen MR) is 168 cm³/mol. The fourth-order valence-corrected chi connectivity index (χ4v) is 7.59. The van der Waals surface area contributed by atoms with E-state index in [1.807, 2.05) is 11.3 Å². The van der Waals surface area contributed by atoms with Gasteiger partial charge in [-0.25, -0.2) is 0 Å². The lowest BCUT2D eigenvalue weighted by Crippen LogP contribution is -2.03. The average molecular weight is 515 g/mol. The van der Waals surface area contributed by atoms with Crippen molar-refractivity contribution in [2.45, 2.75) is 0 Å². The molecule has 0 saturated carbocycles. The SMILES string of the molecule is c1ccc(-n2c3ccccc3c3cc4c(cc32)sc2ccccc24)c(-n2c3ccccc3c3ccccc32)c1. The topological polar surface area (TPSA) is 9.86 Å². The molecule has 3 aromatic heterocycles. The van der Waals surface area contributed by atoms with Gasteiger partial charge in [-0.3, -0.25) is 0 Å². The van der Waals surface area contributed by atoms with Crippen molar-refractivity contribution in [2.75, 3.05) is 0 Å². The van der Waals surface area contributed by atoms with E-state index in [9.17, 15) is 0 Å². The van der Waals surface area contributed by atoms with E-state index in [0.717, 1.165) is 0 Å². The largest absolute Gasteiger partial charge is 0.307 e. The molecule has 0 spiro atoms. The van der Waals surface area contributed by atoms with E-state index < -0.39 is 0 Å². The highest BCUT2D eigenvalue weighted by Gasteiger charge is 2.19. The van der Waals surface area contributed by atoms with Crippen LogP contribution in [-0.4, -0.2) is 9.13 Å². The summed E-state index contributed by atoms with van der Waals surface area (Å²) in [5.41, 5.74) is 7.26. The number of thiophene rings is 1. The molecule has 3 heterocycles. The summed E-state index contributed by atoms with van der Waals surface area (Å²) < 4.78 is 7.55. The first-order valence-electron chi connectivity index (χ1n) is 13.3. The summed E-state index contributed by atoms with van der Waals surface area (Å²) in [4.78, 5) is 0. The Morgan fingerprint density at radius 1 is 0.333 bits per heavy atom. The molecule has 0 bridgehead atoms. The molecule has 0 aliphatic heterocycles. The molecule has 0 atom stereocenters. The monoisotopic (exact) mass is 514 g/mol. The van der Waals surface area contributed by atoms with Gasteiger partial charge in [-0.15, -0.1) is 11.3 Å². The van der Waals surface area contributed by atoms with Gasteiger partial charge in [-0.05, 0) is 48.5 Å². The van der Waals surface area contributed by atoms with Crippen molar-refractivity contribution in [2.24, 2.45) is 0 Å². The maximum Gasteiger partial charge on any atom is 0.0702 e. The van der Waals surface area contributed by atoms with Crippen molar-refractivity contribution >= 4 is 75.1 Å². The molecule has 0 N–H and O–H groups in total. The van der Waals surface area contributed by atoms with Crippen LogP contribution >= 0.6 is 11.3 Å². The average Bonchev–Trinajstić information content (AvgIpc) is 3.63. The van der Waals surface area contributed by atoms with Gasteiger partial charge in [0.05, 0.1) is 33.4 Å². The third-order valence-electron chi connectivity index (χ3n) is 8.11. The van der Waals surface area contributed by atoms with Gasteiger partial charge in [-0.1, -0.05) is 84.9 Å². The number of hydrogen-bond acceptors (Lipinski definition) is 1. The highest BCUT2D eigenvalue weighted by molar-refractivity contribution is 7.25. The summed E-state index contributed by atoms with van der Waals surface area (Å²) in [6, 6.07) is 48.7. The molecule has 2 nitrogen and oxygen atoms in total. The summed E-state index contributed by atoms with van der Waals surface area (Å²) in [7, 11) is 0. The molecule has 0 saturated heterocycles. The van der Waals surface area contributed by atoms with Crippen molar-refractivity contribution in [3.63, 3.8) is 0 Å². The molecule has 182 valence electrons. The maximum atomic E-state index is 2.47. The predicted octanol–water partition coefficient (Wildman–Crippen LogP) is 10.2. The van der Waals surface area contributed by atoms with Crippen molar-refractivity contribution < 1.29 is 0 Å². The lowest BCUT2D eigenvalue weighted by atomic mass is 10.1. The molecule has 9 rings (SSSR count). The minimum absolute atomic E-state index is 1.17. The Hall–Kier alpha value is -4.86. The van der Waals surface area contributed by atoms with Crippen molar-refractivity contribution in [1.82, 2.24) is 9.13 Å². The van der Waals surface area contributed by atoms with E-state index in [0.29, 0.717) is 0 Å². The molecule has 39 heavy (non-hydrogen) atoms. The summed E-state index contributed by atoms with van der Waals surface area (Å²) in [5, 5.41) is 7.79. The van der Waals surface area contributed by atoms with Gasteiger partial charge in [0.25, 0.3) is 0 Å². The lowest BCUT2D eigenvalue weighted by molar-refractivity contribution is 1.10. The number of para-hydroxylation sites is 5. The minimum Gasteiger partial charge on any atom is -0.307 e. The van der Waals surface area contributed by atoms with Crippen molar-refractivity contribution in [3.8, 4) is 11.4 Å². The van der Waals surface area contributed by atoms with Gasteiger partial charge in [0, 0.05) is 41.7 Å². The van der Waals surface area contributed by atoms with E-state index >= 15 is 0 Å². The highest BCUT2D eigenvalue weighted by Crippen LogP contribution is 2.42. The Morgan fingerprint density at radius 3 is 1.41 bits per heavy atom. The molecule has 0 aliphatic carbocycles. The number of rotatable bonds is 2. The summed E-state index contributed by atoms with van der Waals surface area (Å²) in [6.45, 7) is 0. The zero-order valence-corrected chi connectivity index (χ0v) is 21.8. The third-order valence-corrected chi connectivity index (χ3v) is 9.25. The molecule has 0 amide bonds. The van der Waals surface area contributed by atoms with Crippen molar-refractivity contribution in [3.05, 3.63) is 133 Å². The highest BCUT2D eigenvalue weighted by atomic mass is 32.1. The second kappa shape index (κ2) is 7.83. The number of hydrogen-bond donors (Lipinski definition) is 0. The van der Waals surface area contributed by atoms with Gasteiger partial charge >= 0.3 is 0 Å². The fraction of sp³-hybridized carbons (Fsp3) is 0. The number of aromatic nitrogens is 2. The zero-order chi connectivity index (χ0) is 25.5. The van der Waals surface area contributed by atoms with Gasteiger partial charge in [-0.2, -0.15) is 0 Å². The molecule has 6 aromatic carbocycles. The first-order valence-corrected chi connectivity index (χ1v) is 14.1. The van der Waals surface area contributed by atoms with Gasteiger partial charge in [0.1, 0.15) is 0 Å². The quantitative estimate of drug-likeness (QED) is 0.217. The third kappa shape index (κ3) is 2.85. The Labute approximate surface area is 228 Å². The van der Waals surface area contributed by atoms with Crippen LogP contribution in [0.25, 0.3) is 75.2 Å². The standard InChI is InChI=1S/C36H22N2S/c1-5-15-29-23(11-1)24-12-2-6-16-30(24)37(29)32-18-8-9-19-33(32)38-31-17-7-3-13-25(31)27-21-28-26-14-4-10-20-35(26)39-36(28)22-34(27)38/h1-22H. The Kier molecular flexibility index (Phi) is 4.24. The minimum atomic E-state index is 1.17. The zero-order valence-electron chi connectivity index (χ0n) is 21.0. The Bertz CT molecular complexity index is 2350. The normalized spacial score (nSPS) is 12.1. The van der Waals surface area contributed by atoms with Gasteiger partial charge in [0.2, 0.25) is 0 Å². The molecule has 0 aliphatic rings. The fourth-order valence-electron chi connectivity index (χ4n) is 6.47. The molecular formula is C36H22N2S. The smallest absolute Gasteiger partial charge is 0.0702 e. The summed E-state index contributed by atoms with van der Waals surface area (Å²) >= 11 is 1.88. The van der Waals surface area contributed by atoms with Crippen LogP contribution in [0.15, 0.2) is 133 Å². The number of nitrogens with zero attached hydrogens (tertiary/aromatic N) is 2. The molecular weight excluding hydrogens is 492 g/mol. The van der Waals surface area contributed by atoms with Crippen LogP contribution < -0.4 is 0 Å². The lowest BCUT2D eigenvalue weighted by Gasteiger charge is -2.16. The molecule has 9 aromatic rings. The van der Waals surface area contributed by atoms with Crippen LogP contribution in [0.3, 0.4) is 0 Å². The van der Waals surface area contributed by atoms with E-state index in [1.165, 1.54) is 75.2 Å². The van der Waals surface area contributed by atoms with Crippen LogP contribution in [0.2, 0.25) is 0 Å². The van der Waals surface area contributed by atoms with Crippen LogP contribution in [0, 0.1) is 0 Å². The van der Waals surface area contributed by atoms with Crippen molar-refractivity contribution in [1.29, 1.82) is 0 Å². The van der Waals surface area contributed by atoms with Gasteiger partial charge < -0.3 is 9.13 Å². The molecule has 0 fully saturated rings. The van der Waals surface area contributed by atoms with E-state index in [1.54, 1.807) is 0 Å². The Balaban J connectivity index is 1.44. The van der Waals surface area contributed by atoms with E-state index in [4.69, 9.17) is 0 Å². The second-order valence-corrected chi connectivity index (χ2v) is 11.3. The van der Waals surface area contributed by atoms with Gasteiger partial charge in [0.15, 0.2) is 0 Å². The summed E-state index contributed by atoms with van der Waals surface area (Å²) in [6.07, 6.45) is 0. The molecule has 0 radical (unpaired) electrons.